The van der Waals surface area contributed by atoms with Crippen molar-refractivity contribution in [1.82, 2.24) is 10.2 Å². The Morgan fingerprint density at radius 1 is 1.36 bits per heavy atom. The van der Waals surface area contributed by atoms with Gasteiger partial charge in [0.2, 0.25) is 0 Å². The van der Waals surface area contributed by atoms with Gasteiger partial charge < -0.3 is 10.1 Å². The van der Waals surface area contributed by atoms with Crippen LogP contribution in [-0.4, -0.2) is 36.2 Å². The van der Waals surface area contributed by atoms with Crippen LogP contribution in [-0.2, 0) is 11.3 Å². The van der Waals surface area contributed by atoms with Crippen LogP contribution >= 0.6 is 0 Å². The van der Waals surface area contributed by atoms with Gasteiger partial charge in [-0.2, -0.15) is 0 Å². The fraction of sp³-hybridized carbons (Fsp3) is 0.588. The van der Waals surface area contributed by atoms with Crippen LogP contribution in [0.4, 0.5) is 9.18 Å². The van der Waals surface area contributed by atoms with E-state index in [4.69, 9.17) is 4.74 Å². The number of likely N-dealkylation sites (N-methyl/N-ethyl adjacent to an activating group) is 1. The fourth-order valence-electron chi connectivity index (χ4n) is 2.05. The predicted molar refractivity (Wildman–Crippen MR) is 86.3 cm³/mol. The monoisotopic (exact) mass is 310 g/mol. The average molecular weight is 310 g/mol. The van der Waals surface area contributed by atoms with E-state index in [0.717, 1.165) is 6.54 Å². The van der Waals surface area contributed by atoms with Crippen LogP contribution in [0.25, 0.3) is 0 Å². The summed E-state index contributed by atoms with van der Waals surface area (Å²) < 4.78 is 19.2. The summed E-state index contributed by atoms with van der Waals surface area (Å²) >= 11 is 0. The van der Waals surface area contributed by atoms with Crippen molar-refractivity contribution in [2.24, 2.45) is 0 Å². The summed E-state index contributed by atoms with van der Waals surface area (Å²) in [4.78, 5) is 13.7. The minimum absolute atomic E-state index is 0.152. The smallest absolute Gasteiger partial charge is 0.407 e. The molecule has 1 aromatic carbocycles. The molecule has 0 radical (unpaired) electrons. The highest BCUT2D eigenvalue weighted by Crippen LogP contribution is 2.14. The summed E-state index contributed by atoms with van der Waals surface area (Å²) in [6.07, 6.45) is -0.426. The van der Waals surface area contributed by atoms with Gasteiger partial charge in [0.15, 0.2) is 0 Å². The molecule has 22 heavy (non-hydrogen) atoms. The second-order valence-corrected chi connectivity index (χ2v) is 6.35. The third-order valence-electron chi connectivity index (χ3n) is 3.21. The van der Waals surface area contributed by atoms with E-state index >= 15 is 0 Å². The molecule has 0 atom stereocenters. The Morgan fingerprint density at radius 2 is 2.05 bits per heavy atom. The van der Waals surface area contributed by atoms with Gasteiger partial charge in [-0.25, -0.2) is 9.18 Å². The van der Waals surface area contributed by atoms with Gasteiger partial charge in [-0.1, -0.05) is 25.1 Å². The first-order valence-corrected chi connectivity index (χ1v) is 7.66. The Hall–Kier alpha value is -1.62. The zero-order chi connectivity index (χ0) is 16.8. The molecule has 0 saturated carbocycles. The summed E-state index contributed by atoms with van der Waals surface area (Å²) in [6, 6.07) is 5.42. The highest BCUT2D eigenvalue weighted by molar-refractivity contribution is 5.67. The first-order chi connectivity index (χ1) is 10.2. The Labute approximate surface area is 132 Å². The number of halogens is 1. The standard InChI is InChI=1S/C17H27FN2O2/c1-6-20(11-10-19-16(21)22-17(3,4)5)12-14-9-7-8-13(2)15(14)18/h7-9H,6,10-12H2,1-5H3,(H,19,21). The maximum Gasteiger partial charge on any atom is 0.407 e. The summed E-state index contributed by atoms with van der Waals surface area (Å²) in [7, 11) is 0. The summed E-state index contributed by atoms with van der Waals surface area (Å²) in [5, 5.41) is 2.72. The number of carbonyl (C=O) groups is 1. The normalized spacial score (nSPS) is 11.6. The summed E-state index contributed by atoms with van der Waals surface area (Å²) in [5.74, 6) is -0.152. The number of nitrogens with one attached hydrogen (secondary N) is 1. The summed E-state index contributed by atoms with van der Waals surface area (Å²) in [5.41, 5.74) is 0.832. The number of hydrogen-bond donors (Lipinski definition) is 1. The SMILES string of the molecule is CCN(CCNC(=O)OC(C)(C)C)Cc1cccc(C)c1F. The molecule has 0 aliphatic rings. The van der Waals surface area contributed by atoms with Gasteiger partial charge in [0.05, 0.1) is 0 Å². The Morgan fingerprint density at radius 3 is 2.64 bits per heavy atom. The zero-order valence-corrected chi connectivity index (χ0v) is 14.2. The number of aryl methyl sites for hydroxylation is 1. The molecule has 0 fully saturated rings. The van der Waals surface area contributed by atoms with Crippen LogP contribution in [0.3, 0.4) is 0 Å². The molecule has 1 amide bonds. The van der Waals surface area contributed by atoms with Crippen LogP contribution in [0, 0.1) is 12.7 Å². The van der Waals surface area contributed by atoms with Crippen LogP contribution in [0.2, 0.25) is 0 Å². The number of hydrogen-bond acceptors (Lipinski definition) is 3. The number of benzene rings is 1. The number of alkyl carbamates (subject to hydrolysis) is 1. The highest BCUT2D eigenvalue weighted by Gasteiger charge is 2.16. The predicted octanol–water partition coefficient (Wildman–Crippen LogP) is 3.48. The number of rotatable bonds is 6. The lowest BCUT2D eigenvalue weighted by molar-refractivity contribution is 0.0522. The highest BCUT2D eigenvalue weighted by atomic mass is 19.1. The van der Waals surface area contributed by atoms with Gasteiger partial charge in [0.1, 0.15) is 11.4 Å². The van der Waals surface area contributed by atoms with Crippen LogP contribution in [0.15, 0.2) is 18.2 Å². The molecule has 1 aromatic rings. The van der Waals surface area contributed by atoms with Crippen LogP contribution in [0.5, 0.6) is 0 Å². The van der Waals surface area contributed by atoms with Gasteiger partial charge >= 0.3 is 6.09 Å². The second kappa shape index (κ2) is 8.13. The van der Waals surface area contributed by atoms with E-state index < -0.39 is 11.7 Å². The zero-order valence-electron chi connectivity index (χ0n) is 14.2. The van der Waals surface area contributed by atoms with Crippen molar-refractivity contribution in [3.63, 3.8) is 0 Å². The summed E-state index contributed by atoms with van der Waals surface area (Å²) in [6.45, 7) is 11.7. The number of ether oxygens (including phenoxy) is 1. The van der Waals surface area contributed by atoms with Crippen molar-refractivity contribution >= 4 is 6.09 Å². The van der Waals surface area contributed by atoms with Crippen LogP contribution in [0.1, 0.15) is 38.8 Å². The molecule has 0 saturated heterocycles. The molecule has 0 aliphatic heterocycles. The topological polar surface area (TPSA) is 41.6 Å². The third-order valence-corrected chi connectivity index (χ3v) is 3.21. The quantitative estimate of drug-likeness (QED) is 0.874. The third kappa shape index (κ3) is 6.43. The number of amides is 1. The van der Waals surface area contributed by atoms with E-state index in [9.17, 15) is 9.18 Å². The van der Waals surface area contributed by atoms with Crippen molar-refractivity contribution in [3.8, 4) is 0 Å². The van der Waals surface area contributed by atoms with Crippen molar-refractivity contribution < 1.29 is 13.9 Å². The fourth-order valence-corrected chi connectivity index (χ4v) is 2.05. The molecule has 0 spiro atoms. The number of nitrogens with zero attached hydrogens (tertiary/aromatic N) is 1. The molecule has 1 rings (SSSR count). The Balaban J connectivity index is 2.46. The molecule has 0 aliphatic carbocycles. The molecule has 1 N–H and O–H groups in total. The van der Waals surface area contributed by atoms with Gasteiger partial charge in [-0.3, -0.25) is 4.90 Å². The van der Waals surface area contributed by atoms with Crippen molar-refractivity contribution in [2.45, 2.75) is 46.8 Å². The van der Waals surface area contributed by atoms with Gasteiger partial charge in [0, 0.05) is 25.2 Å². The molecule has 0 unspecified atom stereocenters. The second-order valence-electron chi connectivity index (χ2n) is 6.35. The van der Waals surface area contributed by atoms with E-state index in [2.05, 4.69) is 10.2 Å². The lowest BCUT2D eigenvalue weighted by Gasteiger charge is -2.23. The van der Waals surface area contributed by atoms with Gasteiger partial charge in [-0.05, 0) is 39.8 Å². The van der Waals surface area contributed by atoms with Crippen molar-refractivity contribution in [3.05, 3.63) is 35.1 Å². The molecule has 0 bridgehead atoms. The first kappa shape index (κ1) is 18.4. The Bertz CT molecular complexity index is 498. The molecule has 0 heterocycles. The van der Waals surface area contributed by atoms with E-state index in [1.54, 1.807) is 19.1 Å². The van der Waals surface area contributed by atoms with E-state index in [0.29, 0.717) is 30.8 Å². The molecule has 0 aromatic heterocycles. The molecule has 4 nitrogen and oxygen atoms in total. The van der Waals surface area contributed by atoms with Crippen molar-refractivity contribution in [1.29, 1.82) is 0 Å². The van der Waals surface area contributed by atoms with E-state index in [1.807, 2.05) is 33.8 Å². The number of carbonyl (C=O) groups excluding carboxylic acids is 1. The Kier molecular flexibility index (Phi) is 6.81. The molecule has 124 valence electrons. The minimum Gasteiger partial charge on any atom is -0.444 e. The lowest BCUT2D eigenvalue weighted by Crippen LogP contribution is -2.37. The van der Waals surface area contributed by atoms with Crippen molar-refractivity contribution in [2.75, 3.05) is 19.6 Å². The molecular weight excluding hydrogens is 283 g/mol. The van der Waals surface area contributed by atoms with Gasteiger partial charge in [0.25, 0.3) is 0 Å². The largest absolute Gasteiger partial charge is 0.444 e. The van der Waals surface area contributed by atoms with E-state index in [-0.39, 0.29) is 5.82 Å². The maximum absolute atomic E-state index is 14.0. The maximum atomic E-state index is 14.0. The van der Waals surface area contributed by atoms with Crippen LogP contribution < -0.4 is 5.32 Å². The average Bonchev–Trinajstić information content (AvgIpc) is 2.40. The lowest BCUT2D eigenvalue weighted by atomic mass is 10.1. The first-order valence-electron chi connectivity index (χ1n) is 7.66. The molecule has 5 heteroatoms. The van der Waals surface area contributed by atoms with Gasteiger partial charge in [-0.15, -0.1) is 0 Å². The molecular formula is C17H27FN2O2. The minimum atomic E-state index is -0.501. The van der Waals surface area contributed by atoms with E-state index in [1.165, 1.54) is 0 Å².